The predicted molar refractivity (Wildman–Crippen MR) is 92.3 cm³/mol. The minimum absolute atomic E-state index is 0.0480. The number of unbranched alkanes of at least 4 members (excludes halogenated alkanes) is 4. The highest BCUT2D eigenvalue weighted by molar-refractivity contribution is 5.73. The van der Waals surface area contributed by atoms with Gasteiger partial charge in [-0.05, 0) is 25.3 Å². The molecule has 0 aliphatic carbocycles. The fourth-order valence-corrected chi connectivity index (χ4v) is 2.19. The van der Waals surface area contributed by atoms with Crippen LogP contribution in [0.2, 0.25) is 0 Å². The van der Waals surface area contributed by atoms with Crippen molar-refractivity contribution in [3.05, 3.63) is 34.4 Å². The lowest BCUT2D eigenvalue weighted by Crippen LogP contribution is -2.09. The van der Waals surface area contributed by atoms with Crippen LogP contribution in [0.25, 0.3) is 0 Å². The molecular weight excluding hydrogens is 326 g/mol. The summed E-state index contributed by atoms with van der Waals surface area (Å²) in [7, 11) is 0. The van der Waals surface area contributed by atoms with E-state index in [2.05, 4.69) is 6.92 Å². The zero-order valence-corrected chi connectivity index (χ0v) is 14.6. The summed E-state index contributed by atoms with van der Waals surface area (Å²) in [6.45, 7) is 2.55. The Bertz CT molecular complexity index is 572. The molecule has 0 radical (unpaired) electrons. The molecule has 7 nitrogen and oxygen atoms in total. The maximum atomic E-state index is 11.8. The number of nitrogens with zero attached hydrogens (tertiary/aromatic N) is 1. The maximum absolute atomic E-state index is 11.8. The Kier molecular flexibility index (Phi) is 9.89. The second-order valence-electron chi connectivity index (χ2n) is 5.69. The van der Waals surface area contributed by atoms with Gasteiger partial charge in [0, 0.05) is 18.9 Å². The summed E-state index contributed by atoms with van der Waals surface area (Å²) in [6, 6.07) is 5.76. The van der Waals surface area contributed by atoms with Crippen molar-refractivity contribution in [2.75, 3.05) is 6.61 Å². The number of para-hydroxylation sites is 2. The van der Waals surface area contributed by atoms with Crippen molar-refractivity contribution in [2.45, 2.75) is 58.3 Å². The number of hydrogen-bond acceptors (Lipinski definition) is 6. The molecule has 138 valence electrons. The summed E-state index contributed by atoms with van der Waals surface area (Å²) in [5, 5.41) is 10.8. The summed E-state index contributed by atoms with van der Waals surface area (Å²) in [5.41, 5.74) is -0.235. The van der Waals surface area contributed by atoms with E-state index in [1.165, 1.54) is 18.2 Å². The first-order valence-corrected chi connectivity index (χ1v) is 8.64. The molecule has 0 atom stereocenters. The fourth-order valence-electron chi connectivity index (χ4n) is 2.19. The molecule has 7 heteroatoms. The SMILES string of the molecule is CCCCCOC(=O)CCCCCC(=O)Oc1ccccc1[N+](=O)[O-]. The van der Waals surface area contributed by atoms with Crippen LogP contribution in [-0.4, -0.2) is 23.5 Å². The first-order valence-electron chi connectivity index (χ1n) is 8.64. The van der Waals surface area contributed by atoms with Gasteiger partial charge in [0.2, 0.25) is 5.75 Å². The minimum Gasteiger partial charge on any atom is -0.466 e. The van der Waals surface area contributed by atoms with Gasteiger partial charge in [-0.2, -0.15) is 0 Å². The number of esters is 2. The van der Waals surface area contributed by atoms with Gasteiger partial charge < -0.3 is 9.47 Å². The van der Waals surface area contributed by atoms with Crippen LogP contribution in [0.15, 0.2) is 24.3 Å². The van der Waals surface area contributed by atoms with Gasteiger partial charge in [-0.15, -0.1) is 0 Å². The third-order valence-corrected chi connectivity index (χ3v) is 3.56. The molecule has 0 heterocycles. The number of carbonyl (C=O) groups is 2. The van der Waals surface area contributed by atoms with Gasteiger partial charge in [0.15, 0.2) is 0 Å². The summed E-state index contributed by atoms with van der Waals surface area (Å²) >= 11 is 0. The zero-order valence-electron chi connectivity index (χ0n) is 14.6. The van der Waals surface area contributed by atoms with Crippen LogP contribution in [0.1, 0.15) is 58.3 Å². The summed E-state index contributed by atoms with van der Waals surface area (Å²) < 4.78 is 10.1. The highest BCUT2D eigenvalue weighted by atomic mass is 16.6. The van der Waals surface area contributed by atoms with Crippen molar-refractivity contribution in [3.8, 4) is 5.75 Å². The van der Waals surface area contributed by atoms with Crippen LogP contribution < -0.4 is 4.74 Å². The first kappa shape index (κ1) is 20.6. The Morgan fingerprint density at radius 1 is 1.00 bits per heavy atom. The van der Waals surface area contributed by atoms with E-state index in [0.717, 1.165) is 19.3 Å². The van der Waals surface area contributed by atoms with Crippen molar-refractivity contribution in [1.29, 1.82) is 0 Å². The highest BCUT2D eigenvalue weighted by Gasteiger charge is 2.16. The number of benzene rings is 1. The van der Waals surface area contributed by atoms with Crippen molar-refractivity contribution in [3.63, 3.8) is 0 Å². The van der Waals surface area contributed by atoms with Gasteiger partial charge in [0.1, 0.15) is 0 Å². The Balaban J connectivity index is 2.17. The van der Waals surface area contributed by atoms with Crippen LogP contribution in [0.5, 0.6) is 5.75 Å². The van der Waals surface area contributed by atoms with E-state index >= 15 is 0 Å². The van der Waals surface area contributed by atoms with E-state index in [0.29, 0.717) is 32.3 Å². The molecule has 1 rings (SSSR count). The normalized spacial score (nSPS) is 10.3. The van der Waals surface area contributed by atoms with Crippen molar-refractivity contribution >= 4 is 17.6 Å². The average Bonchev–Trinajstić information content (AvgIpc) is 2.58. The van der Waals surface area contributed by atoms with Gasteiger partial charge in [-0.3, -0.25) is 19.7 Å². The van der Waals surface area contributed by atoms with Gasteiger partial charge in [-0.1, -0.05) is 38.3 Å². The Morgan fingerprint density at radius 2 is 1.68 bits per heavy atom. The molecule has 0 aliphatic rings. The van der Waals surface area contributed by atoms with E-state index in [4.69, 9.17) is 9.47 Å². The minimum atomic E-state index is -0.589. The monoisotopic (exact) mass is 351 g/mol. The van der Waals surface area contributed by atoms with Gasteiger partial charge in [0.25, 0.3) is 0 Å². The molecule has 0 aliphatic heterocycles. The van der Waals surface area contributed by atoms with Crippen LogP contribution in [0, 0.1) is 10.1 Å². The maximum Gasteiger partial charge on any atom is 0.311 e. The van der Waals surface area contributed by atoms with Crippen LogP contribution in [0.4, 0.5) is 5.69 Å². The largest absolute Gasteiger partial charge is 0.466 e. The molecule has 25 heavy (non-hydrogen) atoms. The van der Waals surface area contributed by atoms with Crippen molar-refractivity contribution in [1.82, 2.24) is 0 Å². The third kappa shape index (κ3) is 8.83. The lowest BCUT2D eigenvalue weighted by molar-refractivity contribution is -0.385. The van der Waals surface area contributed by atoms with Gasteiger partial charge in [0.05, 0.1) is 11.5 Å². The van der Waals surface area contributed by atoms with E-state index < -0.39 is 10.9 Å². The molecule has 1 aromatic rings. The molecule has 0 saturated carbocycles. The van der Waals surface area contributed by atoms with Crippen molar-refractivity contribution in [2.24, 2.45) is 0 Å². The van der Waals surface area contributed by atoms with E-state index in [1.54, 1.807) is 6.07 Å². The molecule has 0 N–H and O–H groups in total. The lowest BCUT2D eigenvalue weighted by atomic mass is 10.1. The fraction of sp³-hybridized carbons (Fsp3) is 0.556. The molecule has 0 bridgehead atoms. The molecule has 0 aromatic heterocycles. The standard InChI is InChI=1S/C18H25NO6/c1-2-3-9-14-24-17(20)12-5-4-6-13-18(21)25-16-11-8-7-10-15(16)19(22)23/h7-8,10-11H,2-6,9,12-14H2,1H3. The quantitative estimate of drug-likeness (QED) is 0.184. The predicted octanol–water partition coefficient (Wildman–Crippen LogP) is 4.18. The molecule has 0 spiro atoms. The summed E-state index contributed by atoms with van der Waals surface area (Å²) in [6.07, 6.45) is 5.40. The molecule has 0 amide bonds. The van der Waals surface area contributed by atoms with Crippen LogP contribution >= 0.6 is 0 Å². The topological polar surface area (TPSA) is 95.7 Å². The molecule has 0 fully saturated rings. The summed E-state index contributed by atoms with van der Waals surface area (Å²) in [5.74, 6) is -0.775. The second kappa shape index (κ2) is 12.0. The molecular formula is C18H25NO6. The lowest BCUT2D eigenvalue weighted by Gasteiger charge is -2.05. The average molecular weight is 351 g/mol. The number of nitro groups is 1. The zero-order chi connectivity index (χ0) is 18.5. The van der Waals surface area contributed by atoms with Gasteiger partial charge >= 0.3 is 17.6 Å². The molecule has 1 aromatic carbocycles. The number of hydrogen-bond donors (Lipinski definition) is 0. The van der Waals surface area contributed by atoms with Crippen molar-refractivity contribution < 1.29 is 24.0 Å². The number of ether oxygens (including phenoxy) is 2. The van der Waals surface area contributed by atoms with E-state index in [-0.39, 0.29) is 23.8 Å². The number of carbonyl (C=O) groups excluding carboxylic acids is 2. The van der Waals surface area contributed by atoms with E-state index in [9.17, 15) is 19.7 Å². The highest BCUT2D eigenvalue weighted by Crippen LogP contribution is 2.26. The molecule has 0 saturated heterocycles. The van der Waals surface area contributed by atoms with Crippen LogP contribution in [-0.2, 0) is 14.3 Å². The summed E-state index contributed by atoms with van der Waals surface area (Å²) in [4.78, 5) is 33.5. The Morgan fingerprint density at radius 3 is 2.36 bits per heavy atom. The third-order valence-electron chi connectivity index (χ3n) is 3.56. The van der Waals surface area contributed by atoms with E-state index in [1.807, 2.05) is 0 Å². The first-order chi connectivity index (χ1) is 12.0. The molecule has 0 unspecified atom stereocenters. The number of rotatable bonds is 12. The smallest absolute Gasteiger partial charge is 0.311 e. The number of nitro benzene ring substituents is 1. The van der Waals surface area contributed by atoms with Crippen LogP contribution in [0.3, 0.4) is 0 Å². The van der Waals surface area contributed by atoms with Gasteiger partial charge in [-0.25, -0.2) is 0 Å². The Hall–Kier alpha value is -2.44. The Labute approximate surface area is 147 Å². The second-order valence-corrected chi connectivity index (χ2v) is 5.69.